The Morgan fingerprint density at radius 3 is 2.76 bits per heavy atom. The first-order valence-corrected chi connectivity index (χ1v) is 6.95. The predicted molar refractivity (Wildman–Crippen MR) is 79.8 cm³/mol. The van der Waals surface area contributed by atoms with E-state index in [2.05, 4.69) is 5.32 Å². The van der Waals surface area contributed by atoms with E-state index in [1.165, 1.54) is 6.07 Å². The smallest absolute Gasteiger partial charge is 0.251 e. The summed E-state index contributed by atoms with van der Waals surface area (Å²) in [5.74, 6) is 0.0911. The van der Waals surface area contributed by atoms with Gasteiger partial charge in [-0.15, -0.1) is 0 Å². The van der Waals surface area contributed by atoms with Crippen LogP contribution < -0.4 is 10.1 Å². The molecule has 0 spiro atoms. The Morgan fingerprint density at radius 2 is 2.00 bits per heavy atom. The molecule has 3 nitrogen and oxygen atoms in total. The minimum atomic E-state index is -0.321. The molecule has 2 aromatic carbocycles. The van der Waals surface area contributed by atoms with E-state index in [1.807, 2.05) is 13.0 Å². The topological polar surface area (TPSA) is 38.3 Å². The van der Waals surface area contributed by atoms with E-state index in [4.69, 9.17) is 4.74 Å². The third kappa shape index (κ3) is 4.31. The van der Waals surface area contributed by atoms with Gasteiger partial charge in [-0.3, -0.25) is 4.79 Å². The van der Waals surface area contributed by atoms with Gasteiger partial charge in [0.2, 0.25) is 0 Å². The van der Waals surface area contributed by atoms with Gasteiger partial charge >= 0.3 is 0 Å². The number of benzene rings is 2. The first-order valence-electron chi connectivity index (χ1n) is 6.95. The highest BCUT2D eigenvalue weighted by Crippen LogP contribution is 2.14. The molecule has 0 saturated carbocycles. The van der Waals surface area contributed by atoms with Gasteiger partial charge in [-0.05, 0) is 30.7 Å². The lowest BCUT2D eigenvalue weighted by Crippen LogP contribution is -2.23. The normalized spacial score (nSPS) is 10.2. The predicted octanol–water partition coefficient (Wildman–Crippen LogP) is 3.54. The molecule has 1 amide bonds. The van der Waals surface area contributed by atoms with Crippen molar-refractivity contribution in [3.63, 3.8) is 0 Å². The fourth-order valence-electron chi connectivity index (χ4n) is 1.87. The molecule has 0 aliphatic rings. The fraction of sp³-hybridized carbons (Fsp3) is 0.235. The van der Waals surface area contributed by atoms with Crippen molar-refractivity contribution in [2.75, 3.05) is 6.61 Å². The van der Waals surface area contributed by atoms with E-state index in [9.17, 15) is 9.18 Å². The average Bonchev–Trinajstić information content (AvgIpc) is 2.52. The van der Waals surface area contributed by atoms with Crippen LogP contribution in [0, 0.1) is 5.82 Å². The van der Waals surface area contributed by atoms with E-state index in [0.29, 0.717) is 23.5 Å². The minimum Gasteiger partial charge on any atom is -0.494 e. The van der Waals surface area contributed by atoms with Crippen LogP contribution in [-0.4, -0.2) is 12.5 Å². The van der Waals surface area contributed by atoms with Crippen LogP contribution in [0.3, 0.4) is 0 Å². The summed E-state index contributed by atoms with van der Waals surface area (Å²) in [4.78, 5) is 12.1. The van der Waals surface area contributed by atoms with Crippen LogP contribution in [0.1, 0.15) is 29.3 Å². The maximum Gasteiger partial charge on any atom is 0.251 e. The third-order valence-corrected chi connectivity index (χ3v) is 2.97. The number of hydrogen-bond acceptors (Lipinski definition) is 2. The number of hydrogen-bond donors (Lipinski definition) is 1. The molecule has 110 valence electrons. The molecule has 0 unspecified atom stereocenters. The molecule has 0 radical (unpaired) electrons. The van der Waals surface area contributed by atoms with E-state index < -0.39 is 0 Å². The SMILES string of the molecule is CCCOc1cccc(C(=O)NCc2ccccc2F)c1. The zero-order valence-corrected chi connectivity index (χ0v) is 11.9. The molecule has 2 aromatic rings. The van der Waals surface area contributed by atoms with Crippen molar-refractivity contribution in [2.45, 2.75) is 19.9 Å². The fourth-order valence-corrected chi connectivity index (χ4v) is 1.87. The molecule has 0 aliphatic heterocycles. The minimum absolute atomic E-state index is 0.158. The average molecular weight is 287 g/mol. The van der Waals surface area contributed by atoms with Crippen LogP contribution in [0.2, 0.25) is 0 Å². The van der Waals surface area contributed by atoms with Gasteiger partial charge in [0.1, 0.15) is 11.6 Å². The second-order valence-corrected chi connectivity index (χ2v) is 4.65. The first-order chi connectivity index (χ1) is 10.2. The largest absolute Gasteiger partial charge is 0.494 e. The Balaban J connectivity index is 1.98. The number of nitrogens with one attached hydrogen (secondary N) is 1. The Kier molecular flexibility index (Phi) is 5.32. The van der Waals surface area contributed by atoms with Crippen molar-refractivity contribution in [1.82, 2.24) is 5.32 Å². The summed E-state index contributed by atoms with van der Waals surface area (Å²) in [6.07, 6.45) is 0.906. The van der Waals surface area contributed by atoms with E-state index in [-0.39, 0.29) is 18.3 Å². The molecule has 4 heteroatoms. The van der Waals surface area contributed by atoms with Gasteiger partial charge in [0.15, 0.2) is 0 Å². The van der Waals surface area contributed by atoms with Crippen molar-refractivity contribution >= 4 is 5.91 Å². The lowest BCUT2D eigenvalue weighted by Gasteiger charge is -2.08. The van der Waals surface area contributed by atoms with Crippen LogP contribution >= 0.6 is 0 Å². The van der Waals surface area contributed by atoms with Crippen LogP contribution in [0.15, 0.2) is 48.5 Å². The maximum absolute atomic E-state index is 13.5. The van der Waals surface area contributed by atoms with Crippen molar-refractivity contribution in [3.8, 4) is 5.75 Å². The lowest BCUT2D eigenvalue weighted by atomic mass is 10.1. The second-order valence-electron chi connectivity index (χ2n) is 4.65. The van der Waals surface area contributed by atoms with Crippen molar-refractivity contribution in [1.29, 1.82) is 0 Å². The molecule has 0 saturated heterocycles. The first kappa shape index (κ1) is 15.0. The summed E-state index contributed by atoms with van der Waals surface area (Å²) in [5.41, 5.74) is 0.962. The molecule has 1 N–H and O–H groups in total. The molecule has 0 fully saturated rings. The number of halogens is 1. The second kappa shape index (κ2) is 7.43. The van der Waals surface area contributed by atoms with E-state index >= 15 is 0 Å². The van der Waals surface area contributed by atoms with Gasteiger partial charge in [0, 0.05) is 17.7 Å². The number of carbonyl (C=O) groups is 1. The van der Waals surface area contributed by atoms with Crippen LogP contribution in [0.25, 0.3) is 0 Å². The molecule has 21 heavy (non-hydrogen) atoms. The van der Waals surface area contributed by atoms with Crippen LogP contribution in [0.5, 0.6) is 5.75 Å². The Hall–Kier alpha value is -2.36. The highest BCUT2D eigenvalue weighted by atomic mass is 19.1. The molecular weight excluding hydrogens is 269 g/mol. The van der Waals surface area contributed by atoms with Gasteiger partial charge in [-0.1, -0.05) is 31.2 Å². The van der Waals surface area contributed by atoms with Crippen molar-refractivity contribution in [3.05, 3.63) is 65.5 Å². The van der Waals surface area contributed by atoms with Crippen LogP contribution in [0.4, 0.5) is 4.39 Å². The molecule has 0 aliphatic carbocycles. The number of carbonyl (C=O) groups excluding carboxylic acids is 1. The number of amides is 1. The zero-order valence-electron chi connectivity index (χ0n) is 11.9. The van der Waals surface area contributed by atoms with Crippen LogP contribution in [-0.2, 0) is 6.54 Å². The van der Waals surface area contributed by atoms with E-state index in [0.717, 1.165) is 6.42 Å². The number of rotatable bonds is 6. The summed E-state index contributed by atoms with van der Waals surface area (Å²) in [6, 6.07) is 13.4. The zero-order chi connectivity index (χ0) is 15.1. The summed E-state index contributed by atoms with van der Waals surface area (Å²) in [6.45, 7) is 2.79. The summed E-state index contributed by atoms with van der Waals surface area (Å²) in [5, 5.41) is 2.70. The highest BCUT2D eigenvalue weighted by Gasteiger charge is 2.08. The molecule has 0 atom stereocenters. The monoisotopic (exact) mass is 287 g/mol. The maximum atomic E-state index is 13.5. The van der Waals surface area contributed by atoms with E-state index in [1.54, 1.807) is 36.4 Å². The quantitative estimate of drug-likeness (QED) is 0.882. The highest BCUT2D eigenvalue weighted by molar-refractivity contribution is 5.94. The standard InChI is InChI=1S/C17H18FNO2/c1-2-10-21-15-8-5-7-13(11-15)17(20)19-12-14-6-3-4-9-16(14)18/h3-9,11H,2,10,12H2,1H3,(H,19,20). The Labute approximate surface area is 123 Å². The molecule has 2 rings (SSSR count). The Morgan fingerprint density at radius 1 is 1.19 bits per heavy atom. The Bertz CT molecular complexity index is 613. The summed E-state index contributed by atoms with van der Waals surface area (Å²) >= 11 is 0. The van der Waals surface area contributed by atoms with Crippen molar-refractivity contribution in [2.24, 2.45) is 0 Å². The van der Waals surface area contributed by atoms with Gasteiger partial charge in [0.25, 0.3) is 5.91 Å². The molecule has 0 bridgehead atoms. The third-order valence-electron chi connectivity index (χ3n) is 2.97. The van der Waals surface area contributed by atoms with Gasteiger partial charge in [0.05, 0.1) is 6.61 Å². The summed E-state index contributed by atoms with van der Waals surface area (Å²) in [7, 11) is 0. The van der Waals surface area contributed by atoms with Gasteiger partial charge < -0.3 is 10.1 Å². The molecule has 0 aromatic heterocycles. The number of ether oxygens (including phenoxy) is 1. The summed E-state index contributed by atoms with van der Waals surface area (Å²) < 4.78 is 19.0. The lowest BCUT2D eigenvalue weighted by molar-refractivity contribution is 0.0950. The van der Waals surface area contributed by atoms with Crippen molar-refractivity contribution < 1.29 is 13.9 Å². The van der Waals surface area contributed by atoms with Gasteiger partial charge in [-0.25, -0.2) is 4.39 Å². The van der Waals surface area contributed by atoms with Gasteiger partial charge in [-0.2, -0.15) is 0 Å². The molecular formula is C17H18FNO2. The molecule has 0 heterocycles.